The molecule has 0 radical (unpaired) electrons. The van der Waals surface area contributed by atoms with Gasteiger partial charge in [0.25, 0.3) is 0 Å². The third kappa shape index (κ3) is 2.00. The lowest BCUT2D eigenvalue weighted by atomic mass is 10.3. The van der Waals surface area contributed by atoms with Crippen LogP contribution in [0.2, 0.25) is 0 Å². The van der Waals surface area contributed by atoms with Crippen LogP contribution in [0.1, 0.15) is 10.5 Å². The van der Waals surface area contributed by atoms with Gasteiger partial charge in [0.15, 0.2) is 11.5 Å². The van der Waals surface area contributed by atoms with Gasteiger partial charge in [0.05, 0.1) is 5.69 Å². The maximum absolute atomic E-state index is 10.9. The maximum atomic E-state index is 10.9. The van der Waals surface area contributed by atoms with Gasteiger partial charge < -0.3 is 10.4 Å². The SMILES string of the molecule is Cn1ccc(Nc2cccnc2C(=O)O)n1. The molecule has 0 fully saturated rings. The number of hydrogen-bond acceptors (Lipinski definition) is 4. The van der Waals surface area contributed by atoms with E-state index in [9.17, 15) is 4.79 Å². The van der Waals surface area contributed by atoms with Crippen LogP contribution < -0.4 is 5.32 Å². The van der Waals surface area contributed by atoms with Crippen molar-refractivity contribution in [1.82, 2.24) is 14.8 Å². The quantitative estimate of drug-likeness (QED) is 0.810. The van der Waals surface area contributed by atoms with E-state index in [4.69, 9.17) is 5.11 Å². The van der Waals surface area contributed by atoms with Crippen LogP contribution in [0.5, 0.6) is 0 Å². The van der Waals surface area contributed by atoms with Gasteiger partial charge in [-0.3, -0.25) is 4.68 Å². The van der Waals surface area contributed by atoms with E-state index in [2.05, 4.69) is 15.4 Å². The highest BCUT2D eigenvalue weighted by Crippen LogP contribution is 2.17. The molecule has 0 bridgehead atoms. The summed E-state index contributed by atoms with van der Waals surface area (Å²) in [7, 11) is 1.78. The van der Waals surface area contributed by atoms with Crippen LogP contribution in [-0.4, -0.2) is 25.8 Å². The van der Waals surface area contributed by atoms with Crippen LogP contribution in [0, 0.1) is 0 Å². The molecule has 6 heteroatoms. The van der Waals surface area contributed by atoms with Crippen LogP contribution in [0.15, 0.2) is 30.6 Å². The number of anilines is 2. The third-order valence-electron chi connectivity index (χ3n) is 1.99. The molecule has 0 aliphatic rings. The van der Waals surface area contributed by atoms with E-state index in [0.29, 0.717) is 11.5 Å². The Morgan fingerprint density at radius 3 is 2.94 bits per heavy atom. The van der Waals surface area contributed by atoms with Gasteiger partial charge in [-0.05, 0) is 12.1 Å². The lowest BCUT2D eigenvalue weighted by molar-refractivity contribution is 0.0691. The molecule has 2 rings (SSSR count). The molecule has 0 aliphatic heterocycles. The number of carboxylic acid groups (broad SMARTS) is 1. The summed E-state index contributed by atoms with van der Waals surface area (Å²) in [5, 5.41) is 15.9. The van der Waals surface area contributed by atoms with E-state index in [1.54, 1.807) is 36.1 Å². The minimum Gasteiger partial charge on any atom is -0.476 e. The molecule has 0 aromatic carbocycles. The first kappa shape index (κ1) is 10.2. The van der Waals surface area contributed by atoms with E-state index in [-0.39, 0.29) is 5.69 Å². The van der Waals surface area contributed by atoms with Crippen LogP contribution in [-0.2, 0) is 7.05 Å². The number of nitrogens with zero attached hydrogens (tertiary/aromatic N) is 3. The monoisotopic (exact) mass is 218 g/mol. The summed E-state index contributed by atoms with van der Waals surface area (Å²) < 4.78 is 1.62. The fourth-order valence-electron chi connectivity index (χ4n) is 1.30. The highest BCUT2D eigenvalue weighted by Gasteiger charge is 2.11. The number of carbonyl (C=O) groups is 1. The molecule has 82 valence electrons. The fraction of sp³-hybridized carbons (Fsp3) is 0.100. The van der Waals surface area contributed by atoms with Gasteiger partial charge in [0, 0.05) is 25.5 Å². The Bertz CT molecular complexity index is 521. The number of hydrogen-bond donors (Lipinski definition) is 2. The van der Waals surface area contributed by atoms with Crippen molar-refractivity contribution >= 4 is 17.5 Å². The van der Waals surface area contributed by atoms with E-state index in [0.717, 1.165) is 0 Å². The highest BCUT2D eigenvalue weighted by molar-refractivity contribution is 5.92. The molecule has 0 atom stereocenters. The van der Waals surface area contributed by atoms with Gasteiger partial charge in [0.2, 0.25) is 0 Å². The molecule has 0 spiro atoms. The van der Waals surface area contributed by atoms with E-state index in [1.165, 1.54) is 6.20 Å². The van der Waals surface area contributed by atoms with E-state index >= 15 is 0 Å². The van der Waals surface area contributed by atoms with Crippen molar-refractivity contribution in [2.24, 2.45) is 7.05 Å². The lowest BCUT2D eigenvalue weighted by Crippen LogP contribution is -2.05. The number of aromatic carboxylic acids is 1. The maximum Gasteiger partial charge on any atom is 0.356 e. The largest absolute Gasteiger partial charge is 0.476 e. The molecule has 6 nitrogen and oxygen atoms in total. The lowest BCUT2D eigenvalue weighted by Gasteiger charge is -2.05. The van der Waals surface area contributed by atoms with Crippen LogP contribution in [0.4, 0.5) is 11.5 Å². The summed E-state index contributed by atoms with van der Waals surface area (Å²) in [6, 6.07) is 5.06. The normalized spacial score (nSPS) is 10.1. The van der Waals surface area contributed by atoms with Gasteiger partial charge in [-0.2, -0.15) is 5.10 Å². The van der Waals surface area contributed by atoms with Crippen molar-refractivity contribution in [3.8, 4) is 0 Å². The van der Waals surface area contributed by atoms with Crippen LogP contribution in [0.25, 0.3) is 0 Å². The second-order valence-corrected chi connectivity index (χ2v) is 3.20. The summed E-state index contributed by atoms with van der Waals surface area (Å²) in [5.41, 5.74) is 0.404. The van der Waals surface area contributed by atoms with Gasteiger partial charge in [0.1, 0.15) is 0 Å². The number of carboxylic acids is 1. The van der Waals surface area contributed by atoms with E-state index in [1.807, 2.05) is 0 Å². The van der Waals surface area contributed by atoms with Crippen molar-refractivity contribution in [3.05, 3.63) is 36.3 Å². The number of nitrogens with one attached hydrogen (secondary N) is 1. The predicted molar refractivity (Wildman–Crippen MR) is 57.7 cm³/mol. The summed E-state index contributed by atoms with van der Waals surface area (Å²) in [6.45, 7) is 0. The van der Waals surface area contributed by atoms with E-state index < -0.39 is 5.97 Å². The first-order valence-electron chi connectivity index (χ1n) is 4.62. The van der Waals surface area contributed by atoms with Crippen molar-refractivity contribution < 1.29 is 9.90 Å². The Morgan fingerprint density at radius 1 is 1.50 bits per heavy atom. The molecule has 0 aliphatic carbocycles. The number of aryl methyl sites for hydroxylation is 1. The molecule has 0 saturated carbocycles. The van der Waals surface area contributed by atoms with Gasteiger partial charge in [-0.25, -0.2) is 9.78 Å². The molecule has 0 amide bonds. The standard InChI is InChI=1S/C10H10N4O2/c1-14-6-4-8(13-14)12-7-3-2-5-11-9(7)10(15)16/h2-6H,1H3,(H,12,13)(H,15,16). The summed E-state index contributed by atoms with van der Waals surface area (Å²) >= 11 is 0. The average Bonchev–Trinajstić information content (AvgIpc) is 2.64. The topological polar surface area (TPSA) is 80.0 Å². The first-order chi connectivity index (χ1) is 7.66. The number of rotatable bonds is 3. The predicted octanol–water partition coefficient (Wildman–Crippen LogP) is 1.26. The molecule has 0 unspecified atom stereocenters. The summed E-state index contributed by atoms with van der Waals surface area (Å²) in [4.78, 5) is 14.7. The molecule has 2 heterocycles. The van der Waals surface area contributed by atoms with Crippen molar-refractivity contribution in [2.45, 2.75) is 0 Å². The zero-order chi connectivity index (χ0) is 11.5. The molecule has 2 aromatic rings. The molecule has 0 saturated heterocycles. The zero-order valence-corrected chi connectivity index (χ0v) is 8.58. The molecular formula is C10H10N4O2. The Hall–Kier alpha value is -2.37. The smallest absolute Gasteiger partial charge is 0.356 e. The van der Waals surface area contributed by atoms with Gasteiger partial charge in [-0.15, -0.1) is 0 Å². The van der Waals surface area contributed by atoms with Crippen molar-refractivity contribution in [3.63, 3.8) is 0 Å². The zero-order valence-electron chi connectivity index (χ0n) is 8.58. The number of pyridine rings is 1. The second-order valence-electron chi connectivity index (χ2n) is 3.20. The number of aromatic nitrogens is 3. The molecular weight excluding hydrogens is 208 g/mol. The molecule has 16 heavy (non-hydrogen) atoms. The fourth-order valence-corrected chi connectivity index (χ4v) is 1.30. The third-order valence-corrected chi connectivity index (χ3v) is 1.99. The second kappa shape index (κ2) is 4.01. The average molecular weight is 218 g/mol. The Labute approximate surface area is 91.6 Å². The Balaban J connectivity index is 2.31. The Morgan fingerprint density at radius 2 is 2.31 bits per heavy atom. The van der Waals surface area contributed by atoms with Gasteiger partial charge in [-0.1, -0.05) is 0 Å². The highest BCUT2D eigenvalue weighted by atomic mass is 16.4. The summed E-state index contributed by atoms with van der Waals surface area (Å²) in [6.07, 6.45) is 3.20. The molecule has 2 aromatic heterocycles. The Kier molecular flexibility index (Phi) is 2.55. The van der Waals surface area contributed by atoms with Crippen LogP contribution >= 0.6 is 0 Å². The van der Waals surface area contributed by atoms with Crippen molar-refractivity contribution in [1.29, 1.82) is 0 Å². The molecule has 2 N–H and O–H groups in total. The summed E-state index contributed by atoms with van der Waals surface area (Å²) in [5.74, 6) is -0.489. The minimum atomic E-state index is -1.07. The van der Waals surface area contributed by atoms with Crippen LogP contribution in [0.3, 0.4) is 0 Å². The van der Waals surface area contributed by atoms with Crippen molar-refractivity contribution in [2.75, 3.05) is 5.32 Å². The van der Waals surface area contributed by atoms with Gasteiger partial charge >= 0.3 is 5.97 Å². The minimum absolute atomic E-state index is 0.0202. The first-order valence-corrected chi connectivity index (χ1v) is 4.62.